The molecule has 1 fully saturated rings. The summed E-state index contributed by atoms with van der Waals surface area (Å²) in [5, 5.41) is 16.7. The number of hydrogen-bond donors (Lipinski definition) is 3. The summed E-state index contributed by atoms with van der Waals surface area (Å²) >= 11 is 0. The first-order valence-electron chi connectivity index (χ1n) is 6.34. The van der Waals surface area contributed by atoms with Crippen molar-refractivity contribution in [3.8, 4) is 0 Å². The van der Waals surface area contributed by atoms with Crippen LogP contribution in [-0.2, 0) is 11.3 Å². The van der Waals surface area contributed by atoms with E-state index < -0.39 is 0 Å². The van der Waals surface area contributed by atoms with Crippen LogP contribution in [0.2, 0.25) is 0 Å². The van der Waals surface area contributed by atoms with E-state index in [4.69, 9.17) is 4.42 Å². The Bertz CT molecular complexity index is 389. The largest absolute Gasteiger partial charge is 0.407 e. The molecule has 2 rings (SSSR count). The van der Waals surface area contributed by atoms with Gasteiger partial charge in [-0.25, -0.2) is 0 Å². The topological polar surface area (TPSA) is 92.1 Å². The average Bonchev–Trinajstić information content (AvgIpc) is 3.04. The summed E-state index contributed by atoms with van der Waals surface area (Å²) in [6.45, 7) is 3.93. The number of amides is 1. The summed E-state index contributed by atoms with van der Waals surface area (Å²) in [6, 6.07) is 0.773. The molecule has 18 heavy (non-hydrogen) atoms. The molecule has 1 aliphatic rings. The monoisotopic (exact) mass is 253 g/mol. The van der Waals surface area contributed by atoms with Crippen molar-refractivity contribution in [1.29, 1.82) is 0 Å². The Kier molecular flexibility index (Phi) is 4.52. The van der Waals surface area contributed by atoms with Gasteiger partial charge < -0.3 is 20.4 Å². The average molecular weight is 253 g/mol. The highest BCUT2D eigenvalue weighted by Crippen LogP contribution is 2.18. The van der Waals surface area contributed by atoms with Crippen molar-refractivity contribution in [2.24, 2.45) is 0 Å². The summed E-state index contributed by atoms with van der Waals surface area (Å²) in [6.07, 6.45) is 2.63. The van der Waals surface area contributed by atoms with E-state index >= 15 is 0 Å². The van der Waals surface area contributed by atoms with Gasteiger partial charge in [-0.2, -0.15) is 0 Å². The van der Waals surface area contributed by atoms with Gasteiger partial charge in [0.2, 0.25) is 11.8 Å². The lowest BCUT2D eigenvalue weighted by molar-refractivity contribution is -0.120. The Morgan fingerprint density at radius 3 is 3.00 bits per heavy atom. The van der Waals surface area contributed by atoms with Gasteiger partial charge in [-0.05, 0) is 19.4 Å². The van der Waals surface area contributed by atoms with E-state index in [9.17, 15) is 4.79 Å². The first-order valence-corrected chi connectivity index (χ1v) is 6.34. The maximum absolute atomic E-state index is 11.4. The predicted octanol–water partition coefficient (Wildman–Crippen LogP) is 0.260. The number of hydrogen-bond acceptors (Lipinski definition) is 6. The molecule has 0 spiro atoms. The van der Waals surface area contributed by atoms with Gasteiger partial charge >= 0.3 is 6.01 Å². The fourth-order valence-corrected chi connectivity index (χ4v) is 1.44. The van der Waals surface area contributed by atoms with Crippen LogP contribution in [0.5, 0.6) is 0 Å². The fourth-order valence-electron chi connectivity index (χ4n) is 1.44. The van der Waals surface area contributed by atoms with Crippen molar-refractivity contribution in [2.45, 2.75) is 38.8 Å². The SMILES string of the molecule is CCNCc1nnc(NCCC(=O)NC2CC2)o1. The Hall–Kier alpha value is -1.63. The molecule has 0 aromatic carbocycles. The molecule has 1 aromatic rings. The third kappa shape index (κ3) is 4.33. The second-order valence-corrected chi connectivity index (χ2v) is 4.30. The lowest BCUT2D eigenvalue weighted by atomic mass is 10.4. The highest BCUT2D eigenvalue weighted by atomic mass is 16.4. The maximum atomic E-state index is 11.4. The van der Waals surface area contributed by atoms with Crippen LogP contribution in [0.25, 0.3) is 0 Å². The number of rotatable bonds is 8. The van der Waals surface area contributed by atoms with Crippen LogP contribution >= 0.6 is 0 Å². The molecule has 1 heterocycles. The maximum Gasteiger partial charge on any atom is 0.315 e. The standard InChI is InChI=1S/C11H19N5O2/c1-2-12-7-10-15-16-11(18-10)13-6-5-9(17)14-8-3-4-8/h8,12H,2-7H2,1H3,(H,13,16)(H,14,17). The molecule has 1 saturated carbocycles. The third-order valence-corrected chi connectivity index (χ3v) is 2.56. The van der Waals surface area contributed by atoms with Crippen molar-refractivity contribution in [1.82, 2.24) is 20.8 Å². The quantitative estimate of drug-likeness (QED) is 0.615. The first-order chi connectivity index (χ1) is 8.78. The molecule has 0 atom stereocenters. The van der Waals surface area contributed by atoms with Crippen LogP contribution in [0.3, 0.4) is 0 Å². The lowest BCUT2D eigenvalue weighted by Crippen LogP contribution is -2.27. The van der Waals surface area contributed by atoms with Crippen LogP contribution in [0.15, 0.2) is 4.42 Å². The third-order valence-electron chi connectivity index (χ3n) is 2.56. The van der Waals surface area contributed by atoms with Gasteiger partial charge in [0.1, 0.15) is 0 Å². The zero-order valence-electron chi connectivity index (χ0n) is 10.5. The number of anilines is 1. The number of nitrogens with one attached hydrogen (secondary N) is 3. The number of carbonyl (C=O) groups excluding carboxylic acids is 1. The summed E-state index contributed by atoms with van der Waals surface area (Å²) in [5.41, 5.74) is 0. The molecule has 3 N–H and O–H groups in total. The highest BCUT2D eigenvalue weighted by Gasteiger charge is 2.22. The molecule has 0 saturated heterocycles. The summed E-state index contributed by atoms with van der Waals surface area (Å²) in [7, 11) is 0. The number of aromatic nitrogens is 2. The van der Waals surface area contributed by atoms with Crippen LogP contribution in [0.1, 0.15) is 32.1 Å². The molecule has 1 aromatic heterocycles. The Balaban J connectivity index is 1.62. The van der Waals surface area contributed by atoms with Gasteiger partial charge in [-0.15, -0.1) is 5.10 Å². The summed E-state index contributed by atoms with van der Waals surface area (Å²) in [4.78, 5) is 11.4. The van der Waals surface area contributed by atoms with Gasteiger partial charge in [0, 0.05) is 19.0 Å². The molecule has 0 unspecified atom stereocenters. The van der Waals surface area contributed by atoms with Crippen molar-refractivity contribution in [3.05, 3.63) is 5.89 Å². The molecule has 0 bridgehead atoms. The molecule has 7 nitrogen and oxygen atoms in total. The molecule has 1 aliphatic carbocycles. The zero-order valence-corrected chi connectivity index (χ0v) is 10.5. The van der Waals surface area contributed by atoms with E-state index in [2.05, 4.69) is 26.1 Å². The van der Waals surface area contributed by atoms with E-state index in [1.54, 1.807) is 0 Å². The molecule has 1 amide bonds. The van der Waals surface area contributed by atoms with Gasteiger partial charge in [-0.1, -0.05) is 12.0 Å². The van der Waals surface area contributed by atoms with Gasteiger partial charge in [0.25, 0.3) is 0 Å². The number of carbonyl (C=O) groups is 1. The van der Waals surface area contributed by atoms with E-state index in [1.807, 2.05) is 6.92 Å². The minimum absolute atomic E-state index is 0.0670. The van der Waals surface area contributed by atoms with Crippen molar-refractivity contribution in [3.63, 3.8) is 0 Å². The van der Waals surface area contributed by atoms with Crippen molar-refractivity contribution in [2.75, 3.05) is 18.4 Å². The van der Waals surface area contributed by atoms with Crippen LogP contribution in [0.4, 0.5) is 6.01 Å². The van der Waals surface area contributed by atoms with Crippen LogP contribution in [-0.4, -0.2) is 35.2 Å². The van der Waals surface area contributed by atoms with E-state index in [1.165, 1.54) is 0 Å². The second kappa shape index (κ2) is 6.34. The Morgan fingerprint density at radius 1 is 1.44 bits per heavy atom. The minimum atomic E-state index is 0.0670. The molecule has 0 radical (unpaired) electrons. The molecule has 7 heteroatoms. The zero-order chi connectivity index (χ0) is 12.8. The van der Waals surface area contributed by atoms with E-state index in [0.717, 1.165) is 19.4 Å². The Morgan fingerprint density at radius 2 is 2.28 bits per heavy atom. The van der Waals surface area contributed by atoms with Gasteiger partial charge in [0.15, 0.2) is 0 Å². The minimum Gasteiger partial charge on any atom is -0.407 e. The number of nitrogens with zero attached hydrogens (tertiary/aromatic N) is 2. The van der Waals surface area contributed by atoms with Crippen LogP contribution < -0.4 is 16.0 Å². The smallest absolute Gasteiger partial charge is 0.315 e. The predicted molar refractivity (Wildman–Crippen MR) is 66.0 cm³/mol. The van der Waals surface area contributed by atoms with Crippen LogP contribution in [0, 0.1) is 0 Å². The van der Waals surface area contributed by atoms with Crippen molar-refractivity contribution >= 4 is 11.9 Å². The van der Waals surface area contributed by atoms with E-state index in [0.29, 0.717) is 37.5 Å². The first kappa shape index (κ1) is 12.8. The molecule has 100 valence electrons. The Labute approximate surface area is 106 Å². The highest BCUT2D eigenvalue weighted by molar-refractivity contribution is 5.77. The molecular formula is C11H19N5O2. The van der Waals surface area contributed by atoms with Gasteiger partial charge in [0.05, 0.1) is 6.54 Å². The van der Waals surface area contributed by atoms with E-state index in [-0.39, 0.29) is 5.91 Å². The van der Waals surface area contributed by atoms with Crippen molar-refractivity contribution < 1.29 is 9.21 Å². The van der Waals surface area contributed by atoms with Gasteiger partial charge in [-0.3, -0.25) is 4.79 Å². The summed E-state index contributed by atoms with van der Waals surface area (Å²) < 4.78 is 5.33. The molecular weight excluding hydrogens is 234 g/mol. The normalized spacial score (nSPS) is 14.5. The summed E-state index contributed by atoms with van der Waals surface area (Å²) in [5.74, 6) is 0.610. The fraction of sp³-hybridized carbons (Fsp3) is 0.727. The second-order valence-electron chi connectivity index (χ2n) is 4.30. The molecule has 0 aliphatic heterocycles. The lowest BCUT2D eigenvalue weighted by Gasteiger charge is -2.02.